The molecule has 0 amide bonds. The molecule has 0 unspecified atom stereocenters. The van der Waals surface area contributed by atoms with Crippen molar-refractivity contribution in [3.05, 3.63) is 98.4 Å². The second kappa shape index (κ2) is 7.49. The third-order valence-electron chi connectivity index (χ3n) is 6.82. The van der Waals surface area contributed by atoms with Gasteiger partial charge in [0.1, 0.15) is 5.75 Å². The molecule has 0 bridgehead atoms. The van der Waals surface area contributed by atoms with Crippen molar-refractivity contribution in [2.24, 2.45) is 10.8 Å². The van der Waals surface area contributed by atoms with Gasteiger partial charge in [0, 0.05) is 31.6 Å². The molecule has 0 aromatic heterocycles. The molecule has 4 nitrogen and oxygen atoms in total. The highest BCUT2D eigenvalue weighted by Crippen LogP contribution is 2.80. The number of Topliss-reactive ketones (excluding diaryl/α,β-unsaturated/α-hetero) is 2. The summed E-state index contributed by atoms with van der Waals surface area (Å²) in [6, 6.07) is 21.0. The van der Waals surface area contributed by atoms with Crippen molar-refractivity contribution in [1.29, 1.82) is 0 Å². The van der Waals surface area contributed by atoms with Gasteiger partial charge in [0.25, 0.3) is 0 Å². The number of ether oxygens (including phenoxy) is 1. The lowest BCUT2D eigenvalue weighted by Crippen LogP contribution is -2.39. The lowest BCUT2D eigenvalue weighted by molar-refractivity contribution is -0.140. The van der Waals surface area contributed by atoms with Gasteiger partial charge in [-0.15, -0.1) is 0 Å². The van der Waals surface area contributed by atoms with Gasteiger partial charge in [-0.25, -0.2) is 0 Å². The number of hydrogen-bond donors (Lipinski definition) is 0. The fourth-order valence-electron chi connectivity index (χ4n) is 5.41. The fraction of sp³-hybridized carbons (Fsp3) is 0.192. The molecule has 32 heavy (non-hydrogen) atoms. The Morgan fingerprint density at radius 1 is 0.875 bits per heavy atom. The first-order valence-corrected chi connectivity index (χ1v) is 11.9. The summed E-state index contributed by atoms with van der Waals surface area (Å²) >= 11 is 6.88. The molecule has 1 heterocycles. The molecule has 1 fully saturated rings. The highest BCUT2D eigenvalue weighted by atomic mass is 79.9. The highest BCUT2D eigenvalue weighted by Gasteiger charge is 2.88. The number of esters is 1. The van der Waals surface area contributed by atoms with Crippen LogP contribution in [0.1, 0.15) is 45.5 Å². The Morgan fingerprint density at radius 3 is 2.16 bits per heavy atom. The van der Waals surface area contributed by atoms with Crippen LogP contribution in [-0.4, -0.2) is 17.5 Å². The van der Waals surface area contributed by atoms with Gasteiger partial charge >= 0.3 is 5.97 Å². The molecule has 3 aromatic carbocycles. The molecule has 2 aliphatic rings. The molecule has 3 atom stereocenters. The van der Waals surface area contributed by atoms with E-state index in [2.05, 4.69) is 31.9 Å². The van der Waals surface area contributed by atoms with Crippen LogP contribution >= 0.6 is 31.9 Å². The van der Waals surface area contributed by atoms with Crippen LogP contribution < -0.4 is 4.74 Å². The summed E-state index contributed by atoms with van der Waals surface area (Å²) in [5, 5.41) is 0. The fourth-order valence-corrected chi connectivity index (χ4v) is 6.05. The van der Waals surface area contributed by atoms with Gasteiger partial charge in [0.15, 0.2) is 17.0 Å². The normalized spacial score (nSPS) is 25.3. The van der Waals surface area contributed by atoms with Crippen LogP contribution in [-0.2, 0) is 4.79 Å². The maximum absolute atomic E-state index is 14.0. The summed E-state index contributed by atoms with van der Waals surface area (Å²) in [7, 11) is 0. The van der Waals surface area contributed by atoms with E-state index in [1.807, 2.05) is 19.1 Å². The number of rotatable bonds is 5. The van der Waals surface area contributed by atoms with Gasteiger partial charge in [-0.05, 0) is 36.8 Å². The van der Waals surface area contributed by atoms with Crippen molar-refractivity contribution in [3.8, 4) is 5.75 Å². The summed E-state index contributed by atoms with van der Waals surface area (Å²) in [4.78, 5) is 41.6. The molecule has 3 aromatic rings. The molecule has 0 N–H and O–H groups in total. The van der Waals surface area contributed by atoms with Crippen LogP contribution in [0.2, 0.25) is 0 Å². The van der Waals surface area contributed by atoms with E-state index in [4.69, 9.17) is 4.74 Å². The Balaban J connectivity index is 1.76. The van der Waals surface area contributed by atoms with Crippen LogP contribution in [0.4, 0.5) is 0 Å². The monoisotopic (exact) mass is 552 g/mol. The SMILES string of the molecule is CC[C@]1(C(=O)c2ccc(Br)cc2)[C@@H]2c3cc(Br)ccc3OC(=O)[C@@]21C(=O)c1ccccc1. The van der Waals surface area contributed by atoms with E-state index in [0.717, 1.165) is 8.95 Å². The van der Waals surface area contributed by atoms with E-state index in [9.17, 15) is 14.4 Å². The third-order valence-corrected chi connectivity index (χ3v) is 7.84. The van der Waals surface area contributed by atoms with E-state index in [0.29, 0.717) is 28.9 Å². The number of fused-ring (bicyclic) bond motifs is 3. The van der Waals surface area contributed by atoms with Crippen molar-refractivity contribution in [2.45, 2.75) is 19.3 Å². The summed E-state index contributed by atoms with van der Waals surface area (Å²) < 4.78 is 7.35. The van der Waals surface area contributed by atoms with Crippen molar-refractivity contribution in [2.75, 3.05) is 0 Å². The predicted octanol–water partition coefficient (Wildman–Crippen LogP) is 6.38. The maximum Gasteiger partial charge on any atom is 0.327 e. The van der Waals surface area contributed by atoms with Gasteiger partial charge in [-0.2, -0.15) is 0 Å². The van der Waals surface area contributed by atoms with Gasteiger partial charge < -0.3 is 4.74 Å². The first-order chi connectivity index (χ1) is 15.4. The smallest absolute Gasteiger partial charge is 0.327 e. The number of ketones is 2. The zero-order chi connectivity index (χ0) is 22.7. The Kier molecular flexibility index (Phi) is 4.98. The Bertz CT molecular complexity index is 1270. The minimum absolute atomic E-state index is 0.216. The van der Waals surface area contributed by atoms with E-state index in [1.54, 1.807) is 60.7 Å². The number of benzene rings is 3. The second-order valence-corrected chi connectivity index (χ2v) is 10.0. The second-order valence-electron chi connectivity index (χ2n) is 8.17. The number of halogens is 2. The van der Waals surface area contributed by atoms with Crippen LogP contribution in [0.25, 0.3) is 0 Å². The third kappa shape index (κ3) is 2.69. The molecule has 0 saturated heterocycles. The molecule has 0 radical (unpaired) electrons. The Morgan fingerprint density at radius 2 is 1.50 bits per heavy atom. The summed E-state index contributed by atoms with van der Waals surface area (Å²) in [6.45, 7) is 1.86. The van der Waals surface area contributed by atoms with Crippen LogP contribution in [0, 0.1) is 10.8 Å². The van der Waals surface area contributed by atoms with E-state index in [-0.39, 0.29) is 11.6 Å². The van der Waals surface area contributed by atoms with E-state index >= 15 is 0 Å². The first-order valence-electron chi connectivity index (χ1n) is 10.3. The predicted molar refractivity (Wildman–Crippen MR) is 127 cm³/mol. The highest BCUT2D eigenvalue weighted by molar-refractivity contribution is 9.10. The summed E-state index contributed by atoms with van der Waals surface area (Å²) in [5.74, 6) is -1.44. The molecular formula is C26H18Br2O4. The molecule has 0 spiro atoms. The quantitative estimate of drug-likeness (QED) is 0.159. The number of carbonyl (C=O) groups excluding carboxylic acids is 3. The summed E-state index contributed by atoms with van der Waals surface area (Å²) in [6.07, 6.45) is 0.326. The number of carbonyl (C=O) groups is 3. The average molecular weight is 554 g/mol. The summed E-state index contributed by atoms with van der Waals surface area (Å²) in [5.41, 5.74) is -1.26. The average Bonchev–Trinajstić information content (AvgIpc) is 3.46. The van der Waals surface area contributed by atoms with Crippen LogP contribution in [0.3, 0.4) is 0 Å². The van der Waals surface area contributed by atoms with Gasteiger partial charge in [-0.3, -0.25) is 14.4 Å². The molecule has 1 saturated carbocycles. The lowest BCUT2D eigenvalue weighted by Gasteiger charge is -2.23. The van der Waals surface area contributed by atoms with Crippen molar-refractivity contribution in [1.82, 2.24) is 0 Å². The Hall–Kier alpha value is -2.57. The topological polar surface area (TPSA) is 60.4 Å². The maximum atomic E-state index is 14.0. The zero-order valence-corrected chi connectivity index (χ0v) is 20.3. The van der Waals surface area contributed by atoms with Crippen LogP contribution in [0.5, 0.6) is 5.75 Å². The number of hydrogen-bond acceptors (Lipinski definition) is 4. The lowest BCUT2D eigenvalue weighted by atomic mass is 9.79. The molecule has 1 aliphatic carbocycles. The van der Waals surface area contributed by atoms with Gasteiger partial charge in [0.05, 0.1) is 5.41 Å². The zero-order valence-electron chi connectivity index (χ0n) is 17.1. The molecule has 5 rings (SSSR count). The molecular weight excluding hydrogens is 536 g/mol. The van der Waals surface area contributed by atoms with Crippen molar-refractivity contribution in [3.63, 3.8) is 0 Å². The molecule has 6 heteroatoms. The van der Waals surface area contributed by atoms with Gasteiger partial charge in [0.2, 0.25) is 0 Å². The standard InChI is InChI=1S/C26H18Br2O4/c1-2-25(22(29)16-8-10-17(27)11-9-16)21-19-14-18(28)12-13-20(19)32-24(31)26(21,25)23(30)15-6-4-3-5-7-15/h3-14,21H,2H2,1H3/t21-,25+,26-/m0/s1. The largest absolute Gasteiger partial charge is 0.425 e. The van der Waals surface area contributed by atoms with Crippen LogP contribution in [0.15, 0.2) is 81.7 Å². The van der Waals surface area contributed by atoms with Crippen molar-refractivity contribution >= 4 is 49.4 Å². The first kappa shape index (κ1) is 21.3. The van der Waals surface area contributed by atoms with E-state index in [1.165, 1.54) is 0 Å². The van der Waals surface area contributed by atoms with Gasteiger partial charge in [-0.1, -0.05) is 81.2 Å². The Labute approximate surface area is 202 Å². The van der Waals surface area contributed by atoms with E-state index < -0.39 is 22.7 Å². The minimum Gasteiger partial charge on any atom is -0.425 e. The minimum atomic E-state index is -1.60. The molecule has 1 aliphatic heterocycles. The molecule has 160 valence electrons. The van der Waals surface area contributed by atoms with Crippen molar-refractivity contribution < 1.29 is 19.1 Å².